The Labute approximate surface area is 104 Å². The SMILES string of the molecule is Cc1cc(C(=O)NN=Cc2cccn2C)cs1. The molecule has 1 N–H and O–H groups in total. The maximum Gasteiger partial charge on any atom is 0.272 e. The van der Waals surface area contributed by atoms with E-state index >= 15 is 0 Å². The van der Waals surface area contributed by atoms with Gasteiger partial charge in [0.05, 0.1) is 17.5 Å². The van der Waals surface area contributed by atoms with Crippen LogP contribution >= 0.6 is 11.3 Å². The molecule has 0 saturated heterocycles. The Hall–Kier alpha value is -1.88. The minimum absolute atomic E-state index is 0.181. The number of nitrogens with one attached hydrogen (secondary N) is 1. The van der Waals surface area contributed by atoms with Crippen LogP contribution in [0.5, 0.6) is 0 Å². The van der Waals surface area contributed by atoms with Crippen LogP contribution in [0.1, 0.15) is 20.9 Å². The summed E-state index contributed by atoms with van der Waals surface area (Å²) in [5.41, 5.74) is 4.09. The highest BCUT2D eigenvalue weighted by molar-refractivity contribution is 7.10. The number of thiophene rings is 1. The van der Waals surface area contributed by atoms with E-state index in [-0.39, 0.29) is 5.91 Å². The Balaban J connectivity index is 1.97. The van der Waals surface area contributed by atoms with Gasteiger partial charge < -0.3 is 4.57 Å². The zero-order valence-electron chi connectivity index (χ0n) is 9.68. The maximum absolute atomic E-state index is 11.6. The van der Waals surface area contributed by atoms with Crippen molar-refractivity contribution in [2.75, 3.05) is 0 Å². The van der Waals surface area contributed by atoms with E-state index in [9.17, 15) is 4.79 Å². The van der Waals surface area contributed by atoms with Crippen molar-refractivity contribution in [3.63, 3.8) is 0 Å². The normalized spacial score (nSPS) is 10.9. The molecule has 0 spiro atoms. The van der Waals surface area contributed by atoms with E-state index in [0.29, 0.717) is 5.56 Å². The molecule has 1 amide bonds. The molecular weight excluding hydrogens is 234 g/mol. The molecule has 0 aliphatic rings. The van der Waals surface area contributed by atoms with Crippen molar-refractivity contribution in [1.82, 2.24) is 9.99 Å². The minimum Gasteiger partial charge on any atom is -0.350 e. The number of amides is 1. The van der Waals surface area contributed by atoms with Crippen molar-refractivity contribution in [3.05, 3.63) is 45.9 Å². The van der Waals surface area contributed by atoms with Crippen molar-refractivity contribution in [2.45, 2.75) is 6.92 Å². The Morgan fingerprint density at radius 1 is 1.59 bits per heavy atom. The molecule has 0 unspecified atom stereocenters. The van der Waals surface area contributed by atoms with E-state index in [1.54, 1.807) is 17.6 Å². The van der Waals surface area contributed by atoms with E-state index in [0.717, 1.165) is 10.6 Å². The van der Waals surface area contributed by atoms with Gasteiger partial charge in [-0.3, -0.25) is 4.79 Å². The fourth-order valence-electron chi connectivity index (χ4n) is 1.39. The molecule has 0 fully saturated rings. The molecule has 2 heterocycles. The summed E-state index contributed by atoms with van der Waals surface area (Å²) in [6.45, 7) is 1.97. The number of rotatable bonds is 3. The van der Waals surface area contributed by atoms with E-state index in [4.69, 9.17) is 0 Å². The average Bonchev–Trinajstić information content (AvgIpc) is 2.88. The van der Waals surface area contributed by atoms with Crippen molar-refractivity contribution >= 4 is 23.5 Å². The number of aryl methyl sites for hydroxylation is 2. The summed E-state index contributed by atoms with van der Waals surface area (Å²) in [5, 5.41) is 5.74. The predicted molar refractivity (Wildman–Crippen MR) is 69.5 cm³/mol. The van der Waals surface area contributed by atoms with E-state index < -0.39 is 0 Å². The summed E-state index contributed by atoms with van der Waals surface area (Å²) in [7, 11) is 1.92. The van der Waals surface area contributed by atoms with Crippen molar-refractivity contribution < 1.29 is 4.79 Å². The van der Waals surface area contributed by atoms with Gasteiger partial charge in [-0.15, -0.1) is 11.3 Å². The topological polar surface area (TPSA) is 46.4 Å². The maximum atomic E-state index is 11.6. The summed E-state index contributed by atoms with van der Waals surface area (Å²) in [6, 6.07) is 5.69. The lowest BCUT2D eigenvalue weighted by molar-refractivity contribution is 0.0955. The second-order valence-electron chi connectivity index (χ2n) is 3.69. The van der Waals surface area contributed by atoms with Gasteiger partial charge in [0.1, 0.15) is 0 Å². The molecule has 0 aliphatic heterocycles. The van der Waals surface area contributed by atoms with E-state index in [1.165, 1.54) is 0 Å². The average molecular weight is 247 g/mol. The van der Waals surface area contributed by atoms with Gasteiger partial charge in [-0.2, -0.15) is 5.10 Å². The largest absolute Gasteiger partial charge is 0.350 e. The lowest BCUT2D eigenvalue weighted by Gasteiger charge is -1.97. The van der Waals surface area contributed by atoms with Gasteiger partial charge in [-0.25, -0.2) is 5.43 Å². The summed E-state index contributed by atoms with van der Waals surface area (Å²) >= 11 is 1.55. The molecular formula is C12H13N3OS. The molecule has 4 nitrogen and oxygen atoms in total. The van der Waals surface area contributed by atoms with Crippen LogP contribution < -0.4 is 5.43 Å². The van der Waals surface area contributed by atoms with Crippen LogP contribution in [0.25, 0.3) is 0 Å². The first-order valence-corrected chi connectivity index (χ1v) is 6.04. The van der Waals surface area contributed by atoms with E-state index in [1.807, 2.05) is 48.3 Å². The van der Waals surface area contributed by atoms with Gasteiger partial charge in [0.25, 0.3) is 5.91 Å². The summed E-state index contributed by atoms with van der Waals surface area (Å²) < 4.78 is 1.92. The van der Waals surface area contributed by atoms with Crippen molar-refractivity contribution in [2.24, 2.45) is 12.1 Å². The lowest BCUT2D eigenvalue weighted by Crippen LogP contribution is -2.17. The van der Waals surface area contributed by atoms with Gasteiger partial charge in [0.15, 0.2) is 0 Å². The zero-order chi connectivity index (χ0) is 12.3. The van der Waals surface area contributed by atoms with Crippen LogP contribution in [0.4, 0.5) is 0 Å². The zero-order valence-corrected chi connectivity index (χ0v) is 10.5. The quantitative estimate of drug-likeness (QED) is 0.655. The highest BCUT2D eigenvalue weighted by Crippen LogP contribution is 2.12. The van der Waals surface area contributed by atoms with Crippen LogP contribution in [0.15, 0.2) is 34.9 Å². The first-order chi connectivity index (χ1) is 8.16. The molecule has 0 bridgehead atoms. The number of carbonyl (C=O) groups excluding carboxylic acids is 1. The number of nitrogens with zero attached hydrogens (tertiary/aromatic N) is 2. The van der Waals surface area contributed by atoms with Crippen LogP contribution in [0.3, 0.4) is 0 Å². The Morgan fingerprint density at radius 3 is 3.00 bits per heavy atom. The third-order valence-corrected chi connectivity index (χ3v) is 3.20. The Morgan fingerprint density at radius 2 is 2.41 bits per heavy atom. The van der Waals surface area contributed by atoms with Crippen molar-refractivity contribution in [1.29, 1.82) is 0 Å². The summed E-state index contributed by atoms with van der Waals surface area (Å²) in [6.07, 6.45) is 3.54. The van der Waals surface area contributed by atoms with E-state index in [2.05, 4.69) is 10.5 Å². The monoisotopic (exact) mass is 247 g/mol. The standard InChI is InChI=1S/C12H13N3OS/c1-9-6-10(8-17-9)12(16)14-13-7-11-4-3-5-15(11)2/h3-8H,1-2H3,(H,14,16). The Kier molecular flexibility index (Phi) is 3.39. The molecule has 2 aromatic rings. The molecule has 0 aromatic carbocycles. The minimum atomic E-state index is -0.181. The predicted octanol–water partition coefficient (Wildman–Crippen LogP) is 2.16. The molecule has 0 saturated carbocycles. The van der Waals surface area contributed by atoms with Gasteiger partial charge in [-0.05, 0) is 25.1 Å². The van der Waals surface area contributed by atoms with Crippen LogP contribution in [-0.2, 0) is 7.05 Å². The van der Waals surface area contributed by atoms with Gasteiger partial charge >= 0.3 is 0 Å². The summed E-state index contributed by atoms with van der Waals surface area (Å²) in [5.74, 6) is -0.181. The first kappa shape index (κ1) is 11.6. The number of hydrogen-bond acceptors (Lipinski definition) is 3. The fraction of sp³-hybridized carbons (Fsp3) is 0.167. The molecule has 0 atom stereocenters. The number of hydrazone groups is 1. The second-order valence-corrected chi connectivity index (χ2v) is 4.80. The van der Waals surface area contributed by atoms with Gasteiger partial charge in [0, 0.05) is 23.5 Å². The third-order valence-electron chi connectivity index (χ3n) is 2.34. The number of carbonyl (C=O) groups is 1. The first-order valence-electron chi connectivity index (χ1n) is 5.16. The molecule has 0 aliphatic carbocycles. The lowest BCUT2D eigenvalue weighted by atomic mass is 10.3. The highest BCUT2D eigenvalue weighted by atomic mass is 32.1. The van der Waals surface area contributed by atoms with Gasteiger partial charge in [0.2, 0.25) is 0 Å². The molecule has 88 valence electrons. The van der Waals surface area contributed by atoms with Crippen LogP contribution in [0, 0.1) is 6.92 Å². The molecule has 2 rings (SSSR count). The van der Waals surface area contributed by atoms with Crippen LogP contribution in [0.2, 0.25) is 0 Å². The van der Waals surface area contributed by atoms with Gasteiger partial charge in [-0.1, -0.05) is 0 Å². The van der Waals surface area contributed by atoms with Crippen LogP contribution in [-0.4, -0.2) is 16.7 Å². The Bertz CT molecular complexity index is 554. The fourth-order valence-corrected chi connectivity index (χ4v) is 2.08. The molecule has 5 heteroatoms. The number of hydrogen-bond donors (Lipinski definition) is 1. The molecule has 17 heavy (non-hydrogen) atoms. The second kappa shape index (κ2) is 4.97. The molecule has 0 radical (unpaired) electrons. The number of aromatic nitrogens is 1. The highest BCUT2D eigenvalue weighted by Gasteiger charge is 2.05. The third kappa shape index (κ3) is 2.82. The smallest absolute Gasteiger partial charge is 0.272 e. The van der Waals surface area contributed by atoms with Crippen molar-refractivity contribution in [3.8, 4) is 0 Å². The molecule has 2 aromatic heterocycles. The summed E-state index contributed by atoms with van der Waals surface area (Å²) in [4.78, 5) is 12.8.